The highest BCUT2D eigenvalue weighted by atomic mass is 16.5. The third-order valence-electron chi connectivity index (χ3n) is 7.03. The molecule has 1 fully saturated rings. The van der Waals surface area contributed by atoms with Crippen molar-refractivity contribution in [2.45, 2.75) is 69.3 Å². The Morgan fingerprint density at radius 3 is 2.53 bits per heavy atom. The van der Waals surface area contributed by atoms with Crippen molar-refractivity contribution in [1.29, 1.82) is 0 Å². The molecule has 0 spiro atoms. The van der Waals surface area contributed by atoms with E-state index in [-0.39, 0.29) is 44.2 Å². The molecule has 8 heteroatoms. The number of fused-ring (bicyclic) bond motifs is 1. The number of ether oxygens (including phenoxy) is 1. The number of hydrogen-bond acceptors (Lipinski definition) is 6. The summed E-state index contributed by atoms with van der Waals surface area (Å²) < 4.78 is 5.57. The fourth-order valence-electron chi connectivity index (χ4n) is 5.02. The second-order valence-electron chi connectivity index (χ2n) is 9.66. The van der Waals surface area contributed by atoms with E-state index in [4.69, 9.17) is 4.74 Å². The average Bonchev–Trinajstić information content (AvgIpc) is 2.89. The Morgan fingerprint density at radius 2 is 1.72 bits per heavy atom. The molecule has 1 aliphatic carbocycles. The Hall–Kier alpha value is -3.23. The van der Waals surface area contributed by atoms with Gasteiger partial charge < -0.3 is 25.6 Å². The van der Waals surface area contributed by atoms with Crippen LogP contribution in [-0.2, 0) is 25.5 Å². The van der Waals surface area contributed by atoms with Crippen LogP contribution in [0.25, 0.3) is 0 Å². The van der Waals surface area contributed by atoms with Gasteiger partial charge in [-0.15, -0.1) is 0 Å². The van der Waals surface area contributed by atoms with Crippen LogP contribution in [0, 0.1) is 5.92 Å². The van der Waals surface area contributed by atoms with E-state index in [2.05, 4.69) is 16.7 Å². The third kappa shape index (κ3) is 6.71. The largest absolute Gasteiger partial charge is 0.456 e. The summed E-state index contributed by atoms with van der Waals surface area (Å²) in [6.45, 7) is 0.0430. The predicted octanol–water partition coefficient (Wildman–Crippen LogP) is 2.49. The van der Waals surface area contributed by atoms with Crippen LogP contribution in [0.4, 0.5) is 0 Å². The summed E-state index contributed by atoms with van der Waals surface area (Å²) in [4.78, 5) is 38.5. The standard InChI is InChI=1S/C28H34N2O6/c31-23-13-14-27(34)36-25(19-8-2-1-3-9-19)17-29-28(35)20(15-24(23)32)16-26(33)30-22-12-6-10-18-7-4-5-11-21(18)22/h1-5,7-9,11,20,22-25,31-32H,6,10,12-17H2,(H,29,35)(H,30,33)/t20-,22?,23-,24-,25-/m0/s1. The summed E-state index contributed by atoms with van der Waals surface area (Å²) in [7, 11) is 0. The molecule has 2 amide bonds. The molecule has 0 aromatic heterocycles. The monoisotopic (exact) mass is 494 g/mol. The fourth-order valence-corrected chi connectivity index (χ4v) is 5.02. The Kier molecular flexibility index (Phi) is 8.72. The van der Waals surface area contributed by atoms with Gasteiger partial charge in [-0.25, -0.2) is 0 Å². The number of rotatable bonds is 4. The van der Waals surface area contributed by atoms with Crippen molar-refractivity contribution in [2.75, 3.05) is 6.54 Å². The maximum absolute atomic E-state index is 13.1. The molecule has 5 atom stereocenters. The smallest absolute Gasteiger partial charge is 0.306 e. The molecule has 4 N–H and O–H groups in total. The lowest BCUT2D eigenvalue weighted by Gasteiger charge is -2.28. The predicted molar refractivity (Wildman–Crippen MR) is 133 cm³/mol. The first-order chi connectivity index (χ1) is 17.4. The summed E-state index contributed by atoms with van der Waals surface area (Å²) >= 11 is 0. The van der Waals surface area contributed by atoms with Crippen molar-refractivity contribution < 1.29 is 29.3 Å². The highest BCUT2D eigenvalue weighted by Gasteiger charge is 2.31. The number of hydrogen-bond donors (Lipinski definition) is 4. The second-order valence-corrected chi connectivity index (χ2v) is 9.66. The van der Waals surface area contributed by atoms with Crippen LogP contribution in [0.1, 0.15) is 67.4 Å². The van der Waals surface area contributed by atoms with Gasteiger partial charge in [0.15, 0.2) is 0 Å². The molecule has 8 nitrogen and oxygen atoms in total. The number of benzene rings is 2. The topological polar surface area (TPSA) is 125 Å². The first kappa shape index (κ1) is 25.9. The first-order valence-corrected chi connectivity index (χ1v) is 12.7. The SMILES string of the molecule is O=C(C[C@@H]1C[C@H](O)[C@@H](O)CCC(=O)O[C@H](c2ccccc2)CNC1=O)NC1CCCc2ccccc21. The van der Waals surface area contributed by atoms with E-state index in [1.54, 1.807) is 0 Å². The molecule has 0 saturated carbocycles. The quantitative estimate of drug-likeness (QED) is 0.484. The molecule has 2 aromatic carbocycles. The van der Waals surface area contributed by atoms with E-state index in [0.717, 1.165) is 30.4 Å². The molecular formula is C28H34N2O6. The Balaban J connectivity index is 1.46. The molecule has 1 saturated heterocycles. The maximum Gasteiger partial charge on any atom is 0.306 e. The summed E-state index contributed by atoms with van der Waals surface area (Å²) in [6, 6.07) is 17.0. The summed E-state index contributed by atoms with van der Waals surface area (Å²) in [5.74, 6) is -2.08. The van der Waals surface area contributed by atoms with E-state index >= 15 is 0 Å². The van der Waals surface area contributed by atoms with Crippen LogP contribution in [0.2, 0.25) is 0 Å². The highest BCUT2D eigenvalue weighted by Crippen LogP contribution is 2.30. The zero-order valence-corrected chi connectivity index (χ0v) is 20.3. The molecule has 1 heterocycles. The lowest BCUT2D eigenvalue weighted by Crippen LogP contribution is -2.42. The van der Waals surface area contributed by atoms with Crippen molar-refractivity contribution >= 4 is 17.8 Å². The van der Waals surface area contributed by atoms with Crippen molar-refractivity contribution in [1.82, 2.24) is 10.6 Å². The van der Waals surface area contributed by atoms with Crippen molar-refractivity contribution in [3.8, 4) is 0 Å². The molecule has 0 radical (unpaired) electrons. The van der Waals surface area contributed by atoms with Crippen LogP contribution >= 0.6 is 0 Å². The van der Waals surface area contributed by atoms with Gasteiger partial charge in [0.2, 0.25) is 11.8 Å². The summed E-state index contributed by atoms with van der Waals surface area (Å²) in [5, 5.41) is 26.8. The molecule has 1 unspecified atom stereocenters. The van der Waals surface area contributed by atoms with Gasteiger partial charge in [-0.3, -0.25) is 14.4 Å². The zero-order valence-electron chi connectivity index (χ0n) is 20.3. The minimum atomic E-state index is -1.25. The van der Waals surface area contributed by atoms with Crippen LogP contribution in [-0.4, -0.2) is 46.7 Å². The van der Waals surface area contributed by atoms with E-state index < -0.39 is 36.1 Å². The van der Waals surface area contributed by atoms with Gasteiger partial charge in [0.25, 0.3) is 0 Å². The Morgan fingerprint density at radius 1 is 0.972 bits per heavy atom. The highest BCUT2D eigenvalue weighted by molar-refractivity contribution is 5.86. The van der Waals surface area contributed by atoms with E-state index in [9.17, 15) is 24.6 Å². The fraction of sp³-hybridized carbons (Fsp3) is 0.464. The lowest BCUT2D eigenvalue weighted by atomic mass is 9.87. The van der Waals surface area contributed by atoms with Gasteiger partial charge in [-0.05, 0) is 48.8 Å². The maximum atomic E-state index is 13.1. The van der Waals surface area contributed by atoms with E-state index in [1.807, 2.05) is 48.5 Å². The van der Waals surface area contributed by atoms with Gasteiger partial charge >= 0.3 is 5.97 Å². The van der Waals surface area contributed by atoms with Crippen molar-refractivity contribution in [3.63, 3.8) is 0 Å². The van der Waals surface area contributed by atoms with Crippen molar-refractivity contribution in [3.05, 3.63) is 71.3 Å². The molecule has 0 bridgehead atoms. The van der Waals surface area contributed by atoms with Gasteiger partial charge in [-0.1, -0.05) is 54.6 Å². The molecule has 2 aliphatic rings. The number of cyclic esters (lactones) is 1. The van der Waals surface area contributed by atoms with Crippen molar-refractivity contribution in [2.24, 2.45) is 5.92 Å². The lowest BCUT2D eigenvalue weighted by molar-refractivity contribution is -0.151. The zero-order chi connectivity index (χ0) is 25.5. The molecule has 36 heavy (non-hydrogen) atoms. The summed E-state index contributed by atoms with van der Waals surface area (Å²) in [5.41, 5.74) is 3.05. The minimum Gasteiger partial charge on any atom is -0.456 e. The number of amides is 2. The molecule has 4 rings (SSSR count). The van der Waals surface area contributed by atoms with E-state index in [0.29, 0.717) is 0 Å². The Labute approximate surface area is 211 Å². The number of esters is 1. The number of nitrogens with one attached hydrogen (secondary N) is 2. The van der Waals surface area contributed by atoms with Gasteiger partial charge in [-0.2, -0.15) is 0 Å². The first-order valence-electron chi connectivity index (χ1n) is 12.7. The Bertz CT molecular complexity index is 1060. The van der Waals surface area contributed by atoms with E-state index in [1.165, 1.54) is 5.56 Å². The van der Waals surface area contributed by atoms with Gasteiger partial charge in [0.05, 0.1) is 24.8 Å². The third-order valence-corrected chi connectivity index (χ3v) is 7.03. The molecule has 2 aromatic rings. The van der Waals surface area contributed by atoms with Crippen LogP contribution in [0.15, 0.2) is 54.6 Å². The molecule has 192 valence electrons. The average molecular weight is 495 g/mol. The number of aliphatic hydroxyl groups is 2. The molecule has 1 aliphatic heterocycles. The van der Waals surface area contributed by atoms with Gasteiger partial charge in [0.1, 0.15) is 6.10 Å². The number of carbonyl (C=O) groups excluding carboxylic acids is 3. The minimum absolute atomic E-state index is 0.000896. The normalized spacial score (nSPS) is 27.4. The van der Waals surface area contributed by atoms with Crippen LogP contribution < -0.4 is 10.6 Å². The number of aryl methyl sites for hydroxylation is 1. The number of carbonyl (C=O) groups is 3. The number of aliphatic hydroxyl groups excluding tert-OH is 2. The molecular weight excluding hydrogens is 460 g/mol. The van der Waals surface area contributed by atoms with Crippen LogP contribution in [0.5, 0.6) is 0 Å². The van der Waals surface area contributed by atoms with Gasteiger partial charge in [0, 0.05) is 18.8 Å². The second kappa shape index (κ2) is 12.1. The summed E-state index contributed by atoms with van der Waals surface area (Å²) in [6.07, 6.45) is -0.666. The van der Waals surface area contributed by atoms with Crippen LogP contribution in [0.3, 0.4) is 0 Å².